The summed E-state index contributed by atoms with van der Waals surface area (Å²) in [6, 6.07) is 74.4. The smallest absolute Gasteiger partial charge is 0.143 e. The van der Waals surface area contributed by atoms with Crippen molar-refractivity contribution < 1.29 is 8.83 Å². The summed E-state index contributed by atoms with van der Waals surface area (Å²) in [4.78, 5) is 0. The summed E-state index contributed by atoms with van der Waals surface area (Å²) in [5.41, 5.74) is 13.1. The van der Waals surface area contributed by atoms with E-state index in [0.717, 1.165) is 60.6 Å². The molecule has 0 aliphatic carbocycles. The Bertz CT molecular complexity index is 3770. The fraction of sp³-hybridized carbons (Fsp3) is 0. The van der Waals surface area contributed by atoms with Crippen molar-refractivity contribution in [3.05, 3.63) is 206 Å². The minimum atomic E-state index is 0.873. The third-order valence-corrected chi connectivity index (χ3v) is 12.7. The number of fused-ring (bicyclic) bond motifs is 10. The minimum Gasteiger partial charge on any atom is -0.456 e. The van der Waals surface area contributed by atoms with E-state index in [1.807, 2.05) is 6.07 Å². The van der Waals surface area contributed by atoms with Gasteiger partial charge < -0.3 is 8.83 Å². The molecule has 278 valence electrons. The fourth-order valence-corrected chi connectivity index (χ4v) is 10.2. The minimum absolute atomic E-state index is 0.873. The second-order valence-corrected chi connectivity index (χ2v) is 15.8. The third kappa shape index (κ3) is 4.70. The fourth-order valence-electron chi connectivity index (χ4n) is 10.2. The van der Waals surface area contributed by atoms with Crippen LogP contribution in [-0.4, -0.2) is 0 Å². The summed E-state index contributed by atoms with van der Waals surface area (Å²) in [6.07, 6.45) is 0. The highest BCUT2D eigenvalue weighted by atomic mass is 16.3. The molecule has 11 aromatic carbocycles. The second-order valence-electron chi connectivity index (χ2n) is 15.8. The molecule has 60 heavy (non-hydrogen) atoms. The number of hydrogen-bond donors (Lipinski definition) is 0. The van der Waals surface area contributed by atoms with Gasteiger partial charge in [-0.05, 0) is 101 Å². The van der Waals surface area contributed by atoms with Gasteiger partial charge in [0.1, 0.15) is 22.3 Å². The molecule has 0 N–H and O–H groups in total. The lowest BCUT2D eigenvalue weighted by atomic mass is 9.84. The second kappa shape index (κ2) is 12.8. The molecule has 0 bridgehead atoms. The van der Waals surface area contributed by atoms with Crippen LogP contribution in [0.2, 0.25) is 0 Å². The molecular weight excluding hydrogens is 729 g/mol. The molecule has 0 aliphatic rings. The predicted octanol–water partition coefficient (Wildman–Crippen LogP) is 16.8. The van der Waals surface area contributed by atoms with E-state index in [1.54, 1.807) is 0 Å². The summed E-state index contributed by atoms with van der Waals surface area (Å²) >= 11 is 0. The van der Waals surface area contributed by atoms with Crippen LogP contribution in [0.15, 0.2) is 215 Å². The maximum Gasteiger partial charge on any atom is 0.143 e. The van der Waals surface area contributed by atoms with Gasteiger partial charge in [0.2, 0.25) is 0 Å². The van der Waals surface area contributed by atoms with Gasteiger partial charge in [-0.3, -0.25) is 0 Å². The molecule has 13 aromatic rings. The maximum absolute atomic E-state index is 6.74. The molecule has 0 saturated heterocycles. The van der Waals surface area contributed by atoms with Crippen molar-refractivity contribution in [2.24, 2.45) is 0 Å². The zero-order valence-corrected chi connectivity index (χ0v) is 32.4. The Labute approximate surface area is 345 Å². The van der Waals surface area contributed by atoms with Gasteiger partial charge in [0.15, 0.2) is 0 Å². The van der Waals surface area contributed by atoms with E-state index >= 15 is 0 Å². The van der Waals surface area contributed by atoms with E-state index in [2.05, 4.69) is 200 Å². The Morgan fingerprint density at radius 2 is 0.667 bits per heavy atom. The van der Waals surface area contributed by atoms with E-state index in [1.165, 1.54) is 70.9 Å². The molecule has 13 rings (SSSR count). The zero-order valence-electron chi connectivity index (χ0n) is 32.4. The highest BCUT2D eigenvalue weighted by molar-refractivity contribution is 6.28. The van der Waals surface area contributed by atoms with Crippen LogP contribution in [0.1, 0.15) is 0 Å². The number of furan rings is 2. The van der Waals surface area contributed by atoms with Crippen LogP contribution in [0.25, 0.3) is 131 Å². The third-order valence-electron chi connectivity index (χ3n) is 12.7. The average Bonchev–Trinajstić information content (AvgIpc) is 3.89. The van der Waals surface area contributed by atoms with Crippen LogP contribution in [0.4, 0.5) is 0 Å². The van der Waals surface area contributed by atoms with Crippen LogP contribution in [0, 0.1) is 0 Å². The van der Waals surface area contributed by atoms with Crippen molar-refractivity contribution in [3.63, 3.8) is 0 Å². The zero-order chi connectivity index (χ0) is 39.3. The molecule has 2 aromatic heterocycles. The summed E-state index contributed by atoms with van der Waals surface area (Å²) in [7, 11) is 0. The summed E-state index contributed by atoms with van der Waals surface area (Å²) in [5.74, 6) is 0. The highest BCUT2D eigenvalue weighted by Crippen LogP contribution is 2.50. The average molecular weight is 763 g/mol. The van der Waals surface area contributed by atoms with Gasteiger partial charge in [-0.15, -0.1) is 0 Å². The van der Waals surface area contributed by atoms with Crippen molar-refractivity contribution in [1.82, 2.24) is 0 Å². The van der Waals surface area contributed by atoms with Crippen LogP contribution >= 0.6 is 0 Å². The first-order valence-corrected chi connectivity index (χ1v) is 20.6. The largest absolute Gasteiger partial charge is 0.456 e. The normalized spacial score (nSPS) is 12.0. The first kappa shape index (κ1) is 33.1. The van der Waals surface area contributed by atoms with Crippen LogP contribution in [-0.2, 0) is 0 Å². The molecule has 0 radical (unpaired) electrons. The molecule has 2 heteroatoms. The maximum atomic E-state index is 6.74. The lowest BCUT2D eigenvalue weighted by Crippen LogP contribution is -1.92. The molecule has 0 spiro atoms. The van der Waals surface area contributed by atoms with E-state index < -0.39 is 0 Å². The van der Waals surface area contributed by atoms with Gasteiger partial charge >= 0.3 is 0 Å². The van der Waals surface area contributed by atoms with E-state index in [4.69, 9.17) is 8.83 Å². The number of rotatable bonds is 4. The van der Waals surface area contributed by atoms with Crippen molar-refractivity contribution in [3.8, 4) is 44.5 Å². The van der Waals surface area contributed by atoms with Crippen molar-refractivity contribution >= 4 is 87.0 Å². The van der Waals surface area contributed by atoms with Gasteiger partial charge in [-0.1, -0.05) is 182 Å². The molecule has 2 nitrogen and oxygen atoms in total. The summed E-state index contributed by atoms with van der Waals surface area (Å²) < 4.78 is 13.4. The van der Waals surface area contributed by atoms with Gasteiger partial charge in [0, 0.05) is 32.7 Å². The van der Waals surface area contributed by atoms with Gasteiger partial charge in [0.25, 0.3) is 0 Å². The standard InChI is InChI=1S/C58H34O2/c1-2-16-35(17-3-1)53-38-19-4-6-21-40(38)54(41-22-7-5-20-39(41)53)36-32-33-51-49(34-36)57-47(28-15-31-52(57)59-51)55-42-23-8-10-25-44(42)56(45-26-11-9-24-43(45)55)48-29-14-27-46-37-18-12-13-30-50(37)60-58(46)48/h1-34H. The first-order chi connectivity index (χ1) is 29.8. The molecule has 0 unspecified atom stereocenters. The number of benzene rings is 11. The Morgan fingerprint density at radius 1 is 0.233 bits per heavy atom. The summed E-state index contributed by atoms with van der Waals surface area (Å²) in [5, 5.41) is 14.2. The van der Waals surface area contributed by atoms with Crippen LogP contribution in [0.5, 0.6) is 0 Å². The SMILES string of the molecule is c1ccc(-c2c3ccccc3c(-c3ccc4oc5cccc(-c6c7ccccc7c(-c7cccc8c7oc7ccccc78)c7ccccc67)c5c4c3)c3ccccc23)cc1. The lowest BCUT2D eigenvalue weighted by Gasteiger charge is -2.18. The molecule has 2 heterocycles. The molecule has 0 atom stereocenters. The Kier molecular flexibility index (Phi) is 7.05. The van der Waals surface area contributed by atoms with Gasteiger partial charge in [-0.2, -0.15) is 0 Å². The van der Waals surface area contributed by atoms with Crippen LogP contribution < -0.4 is 0 Å². The molecular formula is C58H34O2. The Balaban J connectivity index is 1.10. The Morgan fingerprint density at radius 3 is 1.28 bits per heavy atom. The van der Waals surface area contributed by atoms with E-state index in [-0.39, 0.29) is 0 Å². The lowest BCUT2D eigenvalue weighted by molar-refractivity contribution is 0.669. The molecule has 0 fully saturated rings. The highest BCUT2D eigenvalue weighted by Gasteiger charge is 2.23. The van der Waals surface area contributed by atoms with Crippen molar-refractivity contribution in [2.45, 2.75) is 0 Å². The van der Waals surface area contributed by atoms with Gasteiger partial charge in [-0.25, -0.2) is 0 Å². The van der Waals surface area contributed by atoms with Crippen LogP contribution in [0.3, 0.4) is 0 Å². The number of para-hydroxylation sites is 2. The Hall–Kier alpha value is -7.94. The first-order valence-electron chi connectivity index (χ1n) is 20.6. The molecule has 0 aliphatic heterocycles. The predicted molar refractivity (Wildman–Crippen MR) is 253 cm³/mol. The summed E-state index contributed by atoms with van der Waals surface area (Å²) in [6.45, 7) is 0. The van der Waals surface area contributed by atoms with E-state index in [0.29, 0.717) is 0 Å². The van der Waals surface area contributed by atoms with Crippen molar-refractivity contribution in [1.29, 1.82) is 0 Å². The van der Waals surface area contributed by atoms with E-state index in [9.17, 15) is 0 Å². The molecule has 0 amide bonds. The van der Waals surface area contributed by atoms with Gasteiger partial charge in [0.05, 0.1) is 0 Å². The monoisotopic (exact) mass is 762 g/mol. The quantitative estimate of drug-likeness (QED) is 0.167. The van der Waals surface area contributed by atoms with Crippen molar-refractivity contribution in [2.75, 3.05) is 0 Å². The number of hydrogen-bond acceptors (Lipinski definition) is 2. The molecule has 0 saturated carbocycles. The topological polar surface area (TPSA) is 26.3 Å².